The average molecular weight is 204 g/mol. The standard InChI is InChI=1S/C11H8O4/c1-14-11(13)9-5-7(6-12)4-8-2-3-15-10(8)9/h2-6H,1H3. The molecule has 1 heterocycles. The van der Waals surface area contributed by atoms with Crippen LogP contribution in [0.1, 0.15) is 20.7 Å². The van der Waals surface area contributed by atoms with E-state index < -0.39 is 5.97 Å². The Morgan fingerprint density at radius 1 is 1.47 bits per heavy atom. The molecule has 2 aromatic rings. The van der Waals surface area contributed by atoms with Crippen molar-refractivity contribution in [1.29, 1.82) is 0 Å². The van der Waals surface area contributed by atoms with E-state index in [9.17, 15) is 9.59 Å². The Kier molecular flexibility index (Phi) is 2.25. The van der Waals surface area contributed by atoms with Crippen LogP contribution in [-0.4, -0.2) is 19.4 Å². The highest BCUT2D eigenvalue weighted by Crippen LogP contribution is 2.22. The number of carbonyl (C=O) groups excluding carboxylic acids is 2. The topological polar surface area (TPSA) is 56.5 Å². The van der Waals surface area contributed by atoms with Gasteiger partial charge in [0.05, 0.1) is 13.4 Å². The van der Waals surface area contributed by atoms with Crippen molar-refractivity contribution >= 4 is 23.2 Å². The molecule has 0 N–H and O–H groups in total. The second-order valence-electron chi connectivity index (χ2n) is 3.02. The van der Waals surface area contributed by atoms with Crippen LogP contribution in [0.15, 0.2) is 28.9 Å². The summed E-state index contributed by atoms with van der Waals surface area (Å²) in [5.41, 5.74) is 1.12. The van der Waals surface area contributed by atoms with E-state index in [0.29, 0.717) is 22.8 Å². The van der Waals surface area contributed by atoms with E-state index in [4.69, 9.17) is 4.42 Å². The van der Waals surface area contributed by atoms with E-state index in [1.165, 1.54) is 19.4 Å². The van der Waals surface area contributed by atoms with Crippen LogP contribution in [0.4, 0.5) is 0 Å². The second kappa shape index (κ2) is 3.57. The minimum atomic E-state index is -0.515. The lowest BCUT2D eigenvalue weighted by molar-refractivity contribution is 0.0601. The van der Waals surface area contributed by atoms with E-state index in [1.807, 2.05) is 0 Å². The molecule has 2 rings (SSSR count). The highest BCUT2D eigenvalue weighted by Gasteiger charge is 2.14. The normalized spacial score (nSPS) is 10.2. The van der Waals surface area contributed by atoms with E-state index in [2.05, 4.69) is 4.74 Å². The van der Waals surface area contributed by atoms with E-state index in [-0.39, 0.29) is 5.56 Å². The summed E-state index contributed by atoms with van der Waals surface area (Å²) in [5, 5.41) is 0.708. The molecular formula is C11H8O4. The molecule has 4 heteroatoms. The molecule has 0 aliphatic carbocycles. The van der Waals surface area contributed by atoms with Crippen LogP contribution in [0.5, 0.6) is 0 Å². The SMILES string of the molecule is COC(=O)c1cc(C=O)cc2ccoc12. The molecule has 0 unspecified atom stereocenters. The third-order valence-electron chi connectivity index (χ3n) is 2.11. The van der Waals surface area contributed by atoms with Gasteiger partial charge in [0.25, 0.3) is 0 Å². The predicted octanol–water partition coefficient (Wildman–Crippen LogP) is 2.03. The third kappa shape index (κ3) is 1.50. The summed E-state index contributed by atoms with van der Waals surface area (Å²) in [5.74, 6) is -0.515. The van der Waals surface area contributed by atoms with Gasteiger partial charge in [-0.15, -0.1) is 0 Å². The molecule has 1 aromatic heterocycles. The number of fused-ring (bicyclic) bond motifs is 1. The molecule has 15 heavy (non-hydrogen) atoms. The summed E-state index contributed by atoms with van der Waals surface area (Å²) < 4.78 is 9.75. The first-order valence-corrected chi connectivity index (χ1v) is 4.31. The van der Waals surface area contributed by atoms with Gasteiger partial charge in [0, 0.05) is 10.9 Å². The van der Waals surface area contributed by atoms with Crippen LogP contribution in [-0.2, 0) is 4.74 Å². The molecule has 0 atom stereocenters. The predicted molar refractivity (Wildman–Crippen MR) is 52.9 cm³/mol. The number of hydrogen-bond donors (Lipinski definition) is 0. The van der Waals surface area contributed by atoms with Crippen LogP contribution >= 0.6 is 0 Å². The Morgan fingerprint density at radius 3 is 2.93 bits per heavy atom. The van der Waals surface area contributed by atoms with Crippen molar-refractivity contribution in [1.82, 2.24) is 0 Å². The number of ether oxygens (including phenoxy) is 1. The first kappa shape index (κ1) is 9.45. The van der Waals surface area contributed by atoms with Gasteiger partial charge in [0.2, 0.25) is 0 Å². The summed E-state index contributed by atoms with van der Waals surface area (Å²) in [7, 11) is 1.28. The van der Waals surface area contributed by atoms with Crippen LogP contribution < -0.4 is 0 Å². The number of furan rings is 1. The van der Waals surface area contributed by atoms with Crippen molar-refractivity contribution < 1.29 is 18.7 Å². The summed E-state index contributed by atoms with van der Waals surface area (Å²) in [6.45, 7) is 0. The van der Waals surface area contributed by atoms with E-state index in [0.717, 1.165) is 0 Å². The lowest BCUT2D eigenvalue weighted by Crippen LogP contribution is -2.02. The average Bonchev–Trinajstić information content (AvgIpc) is 2.74. The maximum Gasteiger partial charge on any atom is 0.341 e. The quantitative estimate of drug-likeness (QED) is 0.554. The van der Waals surface area contributed by atoms with Gasteiger partial charge in [-0.05, 0) is 18.2 Å². The monoisotopic (exact) mass is 204 g/mol. The van der Waals surface area contributed by atoms with Crippen molar-refractivity contribution in [2.75, 3.05) is 7.11 Å². The highest BCUT2D eigenvalue weighted by molar-refractivity contribution is 6.04. The molecule has 0 bridgehead atoms. The van der Waals surface area contributed by atoms with Crippen LogP contribution in [0, 0.1) is 0 Å². The van der Waals surface area contributed by atoms with E-state index >= 15 is 0 Å². The number of aldehydes is 1. The number of methoxy groups -OCH3 is 1. The van der Waals surface area contributed by atoms with Crippen LogP contribution in [0.25, 0.3) is 11.0 Å². The van der Waals surface area contributed by atoms with Gasteiger partial charge in [-0.2, -0.15) is 0 Å². The number of carbonyl (C=O) groups is 2. The zero-order valence-electron chi connectivity index (χ0n) is 8.02. The minimum Gasteiger partial charge on any atom is -0.465 e. The summed E-state index contributed by atoms with van der Waals surface area (Å²) in [6, 6.07) is 4.79. The van der Waals surface area contributed by atoms with Crippen molar-refractivity contribution in [2.24, 2.45) is 0 Å². The molecule has 0 amide bonds. The maximum atomic E-state index is 11.4. The van der Waals surface area contributed by atoms with Crippen molar-refractivity contribution in [3.63, 3.8) is 0 Å². The Balaban J connectivity index is 2.73. The highest BCUT2D eigenvalue weighted by atomic mass is 16.5. The Hall–Kier alpha value is -2.10. The van der Waals surface area contributed by atoms with Crippen LogP contribution in [0.3, 0.4) is 0 Å². The molecule has 4 nitrogen and oxygen atoms in total. The Bertz CT molecular complexity index is 524. The Morgan fingerprint density at radius 2 is 2.27 bits per heavy atom. The minimum absolute atomic E-state index is 0.266. The van der Waals surface area contributed by atoms with Crippen molar-refractivity contribution in [3.05, 3.63) is 35.6 Å². The molecule has 0 radical (unpaired) electrons. The van der Waals surface area contributed by atoms with Gasteiger partial charge in [0.1, 0.15) is 17.4 Å². The second-order valence-corrected chi connectivity index (χ2v) is 3.02. The lowest BCUT2D eigenvalue weighted by atomic mass is 10.1. The number of benzene rings is 1. The fraction of sp³-hybridized carbons (Fsp3) is 0.0909. The summed E-state index contributed by atoms with van der Waals surface area (Å²) >= 11 is 0. The van der Waals surface area contributed by atoms with Gasteiger partial charge >= 0.3 is 5.97 Å². The molecule has 0 spiro atoms. The molecule has 76 valence electrons. The third-order valence-corrected chi connectivity index (χ3v) is 2.11. The van der Waals surface area contributed by atoms with Gasteiger partial charge < -0.3 is 9.15 Å². The molecule has 0 aliphatic heterocycles. The molecule has 0 saturated carbocycles. The summed E-state index contributed by atoms with van der Waals surface area (Å²) in [4.78, 5) is 22.0. The van der Waals surface area contributed by atoms with E-state index in [1.54, 1.807) is 12.1 Å². The molecule has 0 aliphatic rings. The molecule has 1 aromatic carbocycles. The summed E-state index contributed by atoms with van der Waals surface area (Å²) in [6.07, 6.45) is 2.14. The first-order valence-electron chi connectivity index (χ1n) is 4.31. The zero-order chi connectivity index (χ0) is 10.8. The molecular weight excluding hydrogens is 196 g/mol. The van der Waals surface area contributed by atoms with Gasteiger partial charge in [-0.25, -0.2) is 4.79 Å². The molecule has 0 saturated heterocycles. The number of hydrogen-bond acceptors (Lipinski definition) is 4. The van der Waals surface area contributed by atoms with Crippen LogP contribution in [0.2, 0.25) is 0 Å². The fourth-order valence-corrected chi connectivity index (χ4v) is 1.43. The fourth-order valence-electron chi connectivity index (χ4n) is 1.43. The smallest absolute Gasteiger partial charge is 0.341 e. The number of rotatable bonds is 2. The maximum absolute atomic E-state index is 11.4. The van der Waals surface area contributed by atoms with Crippen molar-refractivity contribution in [3.8, 4) is 0 Å². The first-order chi connectivity index (χ1) is 7.26. The van der Waals surface area contributed by atoms with Gasteiger partial charge in [0.15, 0.2) is 0 Å². The zero-order valence-corrected chi connectivity index (χ0v) is 8.02. The number of esters is 1. The largest absolute Gasteiger partial charge is 0.465 e. The Labute approximate surface area is 85.4 Å². The van der Waals surface area contributed by atoms with Gasteiger partial charge in [-0.3, -0.25) is 4.79 Å². The lowest BCUT2D eigenvalue weighted by Gasteiger charge is -2.00. The van der Waals surface area contributed by atoms with Crippen molar-refractivity contribution in [2.45, 2.75) is 0 Å². The molecule has 0 fully saturated rings. The van der Waals surface area contributed by atoms with Gasteiger partial charge in [-0.1, -0.05) is 0 Å².